The van der Waals surface area contributed by atoms with Crippen molar-refractivity contribution in [2.75, 3.05) is 18.0 Å². The second kappa shape index (κ2) is 9.08. The molecule has 1 aliphatic carbocycles. The van der Waals surface area contributed by atoms with Gasteiger partial charge in [-0.3, -0.25) is 0 Å². The summed E-state index contributed by atoms with van der Waals surface area (Å²) < 4.78 is 44.1. The molecule has 10 heteroatoms. The maximum absolute atomic E-state index is 14.7. The third kappa shape index (κ3) is 4.17. The van der Waals surface area contributed by atoms with Crippen LogP contribution >= 0.6 is 11.6 Å². The first-order valence-electron chi connectivity index (χ1n) is 12.3. The van der Waals surface area contributed by atoms with E-state index in [4.69, 9.17) is 21.7 Å². The highest BCUT2D eigenvalue weighted by Gasteiger charge is 2.43. The van der Waals surface area contributed by atoms with Crippen LogP contribution in [0.4, 0.5) is 18.9 Å². The summed E-state index contributed by atoms with van der Waals surface area (Å²) in [7, 11) is 0. The van der Waals surface area contributed by atoms with E-state index in [0.29, 0.717) is 41.7 Å². The van der Waals surface area contributed by atoms with Crippen LogP contribution in [0.5, 0.6) is 0 Å². The number of aromatic nitrogens is 5. The highest BCUT2D eigenvalue weighted by atomic mass is 35.5. The zero-order valence-corrected chi connectivity index (χ0v) is 19.9. The lowest BCUT2D eigenvalue weighted by Gasteiger charge is -2.38. The molecule has 6 nitrogen and oxygen atoms in total. The SMILES string of the molecule is Fc1ccc([C@@H]2CCCCn3nc(CC4[C@@H]5CC[C@H]4CN(c4cnnc(Cl)c4)C5)nc32)c(F)c1F. The predicted molar refractivity (Wildman–Crippen MR) is 125 cm³/mol. The second-order valence-electron chi connectivity index (χ2n) is 10.0. The molecule has 0 spiro atoms. The highest BCUT2D eigenvalue weighted by Crippen LogP contribution is 2.45. The number of anilines is 1. The van der Waals surface area contributed by atoms with Crippen LogP contribution in [0.1, 0.15) is 55.2 Å². The maximum Gasteiger partial charge on any atom is 0.194 e. The fourth-order valence-corrected chi connectivity index (χ4v) is 6.51. The molecule has 1 saturated carbocycles. The maximum atomic E-state index is 14.7. The van der Waals surface area contributed by atoms with E-state index in [-0.39, 0.29) is 5.56 Å². The second-order valence-corrected chi connectivity index (χ2v) is 10.4. The Morgan fingerprint density at radius 2 is 1.80 bits per heavy atom. The van der Waals surface area contributed by atoms with Crippen LogP contribution in [-0.4, -0.2) is 38.1 Å². The van der Waals surface area contributed by atoms with Crippen molar-refractivity contribution >= 4 is 17.3 Å². The van der Waals surface area contributed by atoms with Gasteiger partial charge in [-0.05, 0) is 49.5 Å². The van der Waals surface area contributed by atoms with Crippen molar-refractivity contribution in [3.63, 3.8) is 0 Å². The number of rotatable bonds is 4. The summed E-state index contributed by atoms with van der Waals surface area (Å²) in [6.45, 7) is 2.56. The Labute approximate surface area is 206 Å². The van der Waals surface area contributed by atoms with E-state index in [2.05, 4.69) is 15.1 Å². The standard InChI is InChI=1S/C25H26ClF3N6/c26-21-9-16(11-30-32-21)34-12-14-4-5-15(13-34)19(14)10-22-31-25-18(3-1-2-8-35(25)33-22)17-6-7-20(27)24(29)23(17)28/h6-7,9,11,14-15,18-19H,1-5,8,10,12-13H2/t14-,15+,18-,19?/m0/s1. The minimum atomic E-state index is -1.42. The minimum Gasteiger partial charge on any atom is -0.370 e. The summed E-state index contributed by atoms with van der Waals surface area (Å²) in [5.41, 5.74) is 1.16. The predicted octanol–water partition coefficient (Wildman–Crippen LogP) is 5.16. The summed E-state index contributed by atoms with van der Waals surface area (Å²) in [4.78, 5) is 7.21. The van der Waals surface area contributed by atoms with Crippen molar-refractivity contribution < 1.29 is 13.2 Å². The number of benzene rings is 1. The van der Waals surface area contributed by atoms with Gasteiger partial charge in [-0.1, -0.05) is 24.1 Å². The van der Waals surface area contributed by atoms with Gasteiger partial charge >= 0.3 is 0 Å². The molecule has 2 aliphatic heterocycles. The first-order valence-corrected chi connectivity index (χ1v) is 12.7. The lowest BCUT2D eigenvalue weighted by molar-refractivity contribution is 0.265. The highest BCUT2D eigenvalue weighted by molar-refractivity contribution is 6.29. The third-order valence-corrected chi connectivity index (χ3v) is 8.22. The monoisotopic (exact) mass is 502 g/mol. The topological polar surface area (TPSA) is 59.7 Å². The van der Waals surface area contributed by atoms with Crippen molar-refractivity contribution in [1.82, 2.24) is 25.0 Å². The van der Waals surface area contributed by atoms with E-state index in [1.165, 1.54) is 6.07 Å². The van der Waals surface area contributed by atoms with Crippen LogP contribution in [0, 0.1) is 35.2 Å². The summed E-state index contributed by atoms with van der Waals surface area (Å²) in [6, 6.07) is 4.20. The van der Waals surface area contributed by atoms with Gasteiger partial charge in [0.15, 0.2) is 28.4 Å². The van der Waals surface area contributed by atoms with Gasteiger partial charge in [0.05, 0.1) is 11.9 Å². The molecule has 2 aromatic heterocycles. The van der Waals surface area contributed by atoms with Gasteiger partial charge in [0.25, 0.3) is 0 Å². The lowest BCUT2D eigenvalue weighted by atomic mass is 9.82. The molecule has 2 fully saturated rings. The number of nitrogens with zero attached hydrogens (tertiary/aromatic N) is 6. The number of piperidine rings is 1. The smallest absolute Gasteiger partial charge is 0.194 e. The fourth-order valence-electron chi connectivity index (χ4n) is 6.35. The summed E-state index contributed by atoms with van der Waals surface area (Å²) in [5.74, 6) is -1.22. The van der Waals surface area contributed by atoms with Crippen LogP contribution in [-0.2, 0) is 13.0 Å². The quantitative estimate of drug-likeness (QED) is 0.461. The third-order valence-electron chi connectivity index (χ3n) is 8.03. The normalized spacial score (nSPS) is 26.0. The van der Waals surface area contributed by atoms with E-state index >= 15 is 0 Å². The van der Waals surface area contributed by atoms with Gasteiger partial charge < -0.3 is 4.90 Å². The summed E-state index contributed by atoms with van der Waals surface area (Å²) in [6.07, 6.45) is 7.22. The van der Waals surface area contributed by atoms with E-state index in [1.807, 2.05) is 10.7 Å². The summed E-state index contributed by atoms with van der Waals surface area (Å²) in [5, 5.41) is 13.0. The molecular formula is C25H26ClF3N6. The minimum absolute atomic E-state index is 0.156. The molecule has 0 radical (unpaired) electrons. The molecular weight excluding hydrogens is 477 g/mol. The number of halogens is 4. The molecule has 3 aliphatic rings. The summed E-state index contributed by atoms with van der Waals surface area (Å²) >= 11 is 6.05. The number of fused-ring (bicyclic) bond motifs is 3. The van der Waals surface area contributed by atoms with Crippen molar-refractivity contribution in [2.24, 2.45) is 17.8 Å². The molecule has 1 aromatic carbocycles. The average Bonchev–Trinajstić information content (AvgIpc) is 3.25. The molecule has 1 saturated heterocycles. The first-order chi connectivity index (χ1) is 17.0. The Bertz CT molecular complexity index is 1240. The Hall–Kier alpha value is -2.68. The van der Waals surface area contributed by atoms with Crippen molar-refractivity contribution in [2.45, 2.75) is 51.0 Å². The molecule has 0 N–H and O–H groups in total. The number of aryl methyl sites for hydroxylation is 1. The van der Waals surface area contributed by atoms with Crippen LogP contribution < -0.4 is 4.90 Å². The number of hydrogen-bond acceptors (Lipinski definition) is 5. The van der Waals surface area contributed by atoms with Crippen molar-refractivity contribution in [3.05, 3.63) is 64.2 Å². The molecule has 1 unspecified atom stereocenters. The molecule has 35 heavy (non-hydrogen) atoms. The van der Waals surface area contributed by atoms with Gasteiger partial charge in [-0.15, -0.1) is 5.10 Å². The molecule has 4 heterocycles. The fraction of sp³-hybridized carbons (Fsp3) is 0.520. The number of hydrogen-bond donors (Lipinski definition) is 0. The van der Waals surface area contributed by atoms with Crippen LogP contribution in [0.3, 0.4) is 0 Å². The zero-order chi connectivity index (χ0) is 24.1. The molecule has 3 aromatic rings. The molecule has 184 valence electrons. The van der Waals surface area contributed by atoms with Crippen LogP contribution in [0.2, 0.25) is 5.15 Å². The Kier molecular flexibility index (Phi) is 5.90. The largest absolute Gasteiger partial charge is 0.370 e. The van der Waals surface area contributed by atoms with Gasteiger partial charge in [0, 0.05) is 43.6 Å². The first kappa shape index (κ1) is 22.8. The lowest BCUT2D eigenvalue weighted by Crippen LogP contribution is -2.42. The van der Waals surface area contributed by atoms with E-state index < -0.39 is 23.4 Å². The Morgan fingerprint density at radius 3 is 2.57 bits per heavy atom. The van der Waals surface area contributed by atoms with Crippen molar-refractivity contribution in [1.29, 1.82) is 0 Å². The van der Waals surface area contributed by atoms with E-state index in [9.17, 15) is 13.2 Å². The van der Waals surface area contributed by atoms with E-state index in [1.54, 1.807) is 6.20 Å². The van der Waals surface area contributed by atoms with Gasteiger partial charge in [-0.25, -0.2) is 22.8 Å². The van der Waals surface area contributed by atoms with Gasteiger partial charge in [0.2, 0.25) is 0 Å². The van der Waals surface area contributed by atoms with Gasteiger partial charge in [-0.2, -0.15) is 10.2 Å². The van der Waals surface area contributed by atoms with Crippen LogP contribution in [0.25, 0.3) is 0 Å². The van der Waals surface area contributed by atoms with Gasteiger partial charge in [0.1, 0.15) is 5.82 Å². The van der Waals surface area contributed by atoms with E-state index in [0.717, 1.165) is 62.8 Å². The van der Waals surface area contributed by atoms with Crippen molar-refractivity contribution in [3.8, 4) is 0 Å². The molecule has 4 atom stereocenters. The van der Waals surface area contributed by atoms with Crippen LogP contribution in [0.15, 0.2) is 24.4 Å². The molecule has 6 rings (SSSR count). The Balaban J connectivity index is 1.24. The Morgan fingerprint density at radius 1 is 1.00 bits per heavy atom. The molecule has 0 amide bonds. The molecule has 2 bridgehead atoms. The average molecular weight is 503 g/mol. The zero-order valence-electron chi connectivity index (χ0n) is 19.2.